The fraction of sp³-hybridized carbons (Fsp3) is 0.455. The van der Waals surface area contributed by atoms with E-state index in [4.69, 9.17) is 5.73 Å². The van der Waals surface area contributed by atoms with Crippen molar-refractivity contribution < 1.29 is 4.39 Å². The molecule has 0 aromatic heterocycles. The van der Waals surface area contributed by atoms with Gasteiger partial charge < -0.3 is 5.73 Å². The van der Waals surface area contributed by atoms with Crippen LogP contribution in [0.3, 0.4) is 0 Å². The maximum Gasteiger partial charge on any atom is 0.112 e. The summed E-state index contributed by atoms with van der Waals surface area (Å²) in [4.78, 5) is 0. The van der Waals surface area contributed by atoms with Crippen LogP contribution >= 0.6 is 0 Å². The summed E-state index contributed by atoms with van der Waals surface area (Å²) < 4.78 is 12.7. The van der Waals surface area contributed by atoms with Gasteiger partial charge in [-0.05, 0) is 24.8 Å². The van der Waals surface area contributed by atoms with Crippen LogP contribution in [0.25, 0.3) is 0 Å². The molecule has 13 heavy (non-hydrogen) atoms. The average molecular weight is 181 g/mol. The fourth-order valence-electron chi connectivity index (χ4n) is 1.29. The van der Waals surface area contributed by atoms with Gasteiger partial charge >= 0.3 is 0 Å². The third kappa shape index (κ3) is 4.04. The topological polar surface area (TPSA) is 26.0 Å². The standard InChI is InChI=1S/C11H16FN/c12-11(9-13)8-4-7-10-5-2-1-3-6-10/h1-3,5-6,11H,4,7-9,13H2/t11-/m1/s1. The van der Waals surface area contributed by atoms with Crippen molar-refractivity contribution in [2.75, 3.05) is 6.54 Å². The Bertz CT molecular complexity index is 223. The zero-order valence-corrected chi connectivity index (χ0v) is 7.75. The molecule has 0 fully saturated rings. The quantitative estimate of drug-likeness (QED) is 0.741. The summed E-state index contributed by atoms with van der Waals surface area (Å²) >= 11 is 0. The average Bonchev–Trinajstić information content (AvgIpc) is 2.19. The first kappa shape index (κ1) is 10.2. The molecule has 0 unspecified atom stereocenters. The molecular formula is C11H16FN. The summed E-state index contributed by atoms with van der Waals surface area (Å²) in [5.74, 6) is 0. The summed E-state index contributed by atoms with van der Waals surface area (Å²) in [6.45, 7) is 0.148. The van der Waals surface area contributed by atoms with Crippen LogP contribution in [0.4, 0.5) is 4.39 Å². The monoisotopic (exact) mass is 181 g/mol. The number of hydrogen-bond acceptors (Lipinski definition) is 1. The highest BCUT2D eigenvalue weighted by Crippen LogP contribution is 2.07. The van der Waals surface area contributed by atoms with Crippen molar-refractivity contribution in [2.45, 2.75) is 25.4 Å². The number of aryl methyl sites for hydroxylation is 1. The Hall–Kier alpha value is -0.890. The minimum atomic E-state index is -0.830. The Balaban J connectivity index is 2.20. The van der Waals surface area contributed by atoms with Crippen LogP contribution in [0.1, 0.15) is 18.4 Å². The molecule has 0 amide bonds. The van der Waals surface area contributed by atoms with Crippen molar-refractivity contribution in [3.05, 3.63) is 35.9 Å². The number of halogens is 1. The molecule has 0 saturated heterocycles. The van der Waals surface area contributed by atoms with Gasteiger partial charge in [0.05, 0.1) is 0 Å². The Kier molecular flexibility index (Phi) is 4.47. The Morgan fingerprint density at radius 1 is 1.23 bits per heavy atom. The first-order chi connectivity index (χ1) is 6.33. The molecule has 0 aliphatic heterocycles. The van der Waals surface area contributed by atoms with Crippen LogP contribution in [0.2, 0.25) is 0 Å². The number of alkyl halides is 1. The lowest BCUT2D eigenvalue weighted by Gasteiger charge is -2.04. The van der Waals surface area contributed by atoms with Gasteiger partial charge in [-0.25, -0.2) is 4.39 Å². The molecule has 0 aliphatic rings. The smallest absolute Gasteiger partial charge is 0.112 e. The lowest BCUT2D eigenvalue weighted by Crippen LogP contribution is -2.14. The number of nitrogens with two attached hydrogens (primary N) is 1. The normalized spacial score (nSPS) is 12.8. The van der Waals surface area contributed by atoms with Crippen LogP contribution in [0, 0.1) is 0 Å². The Morgan fingerprint density at radius 2 is 1.92 bits per heavy atom. The molecule has 1 atom stereocenters. The molecule has 72 valence electrons. The van der Waals surface area contributed by atoms with Gasteiger partial charge in [0.15, 0.2) is 0 Å². The van der Waals surface area contributed by atoms with E-state index in [1.165, 1.54) is 5.56 Å². The van der Waals surface area contributed by atoms with E-state index in [9.17, 15) is 4.39 Å². The van der Waals surface area contributed by atoms with Crippen LogP contribution < -0.4 is 5.73 Å². The SMILES string of the molecule is NC[C@H](F)CCCc1ccccc1. The van der Waals surface area contributed by atoms with E-state index in [-0.39, 0.29) is 6.54 Å². The van der Waals surface area contributed by atoms with Gasteiger partial charge in [-0.2, -0.15) is 0 Å². The molecule has 1 nitrogen and oxygen atoms in total. The zero-order valence-electron chi connectivity index (χ0n) is 7.75. The molecule has 1 rings (SSSR count). The molecule has 2 heteroatoms. The van der Waals surface area contributed by atoms with E-state index in [0.717, 1.165) is 12.8 Å². The highest BCUT2D eigenvalue weighted by molar-refractivity contribution is 5.14. The lowest BCUT2D eigenvalue weighted by molar-refractivity contribution is 0.316. The lowest BCUT2D eigenvalue weighted by atomic mass is 10.1. The van der Waals surface area contributed by atoms with Gasteiger partial charge in [-0.3, -0.25) is 0 Å². The molecule has 0 spiro atoms. The highest BCUT2D eigenvalue weighted by Gasteiger charge is 2.02. The number of benzene rings is 1. The number of hydrogen-bond donors (Lipinski definition) is 1. The second-order valence-electron chi connectivity index (χ2n) is 3.21. The van der Waals surface area contributed by atoms with Crippen molar-refractivity contribution in [3.63, 3.8) is 0 Å². The third-order valence-corrected chi connectivity index (χ3v) is 2.08. The molecule has 2 N–H and O–H groups in total. The van der Waals surface area contributed by atoms with Crippen LogP contribution in [-0.4, -0.2) is 12.7 Å². The van der Waals surface area contributed by atoms with Gasteiger partial charge in [-0.1, -0.05) is 30.3 Å². The largest absolute Gasteiger partial charge is 0.328 e. The fourth-order valence-corrected chi connectivity index (χ4v) is 1.29. The zero-order chi connectivity index (χ0) is 9.52. The molecule has 0 saturated carbocycles. The van der Waals surface area contributed by atoms with Crippen LogP contribution in [0.5, 0.6) is 0 Å². The first-order valence-corrected chi connectivity index (χ1v) is 4.71. The maximum absolute atomic E-state index is 12.7. The van der Waals surface area contributed by atoms with Crippen LogP contribution in [0.15, 0.2) is 30.3 Å². The molecule has 0 radical (unpaired) electrons. The van der Waals surface area contributed by atoms with Crippen molar-refractivity contribution in [2.24, 2.45) is 5.73 Å². The van der Waals surface area contributed by atoms with Gasteiger partial charge in [0.2, 0.25) is 0 Å². The summed E-state index contributed by atoms with van der Waals surface area (Å²) in [6, 6.07) is 10.1. The predicted octanol–water partition coefficient (Wildman–Crippen LogP) is 2.31. The summed E-state index contributed by atoms with van der Waals surface area (Å²) in [5.41, 5.74) is 6.45. The molecule has 1 aromatic rings. The van der Waals surface area contributed by atoms with Crippen molar-refractivity contribution in [1.82, 2.24) is 0 Å². The van der Waals surface area contributed by atoms with Crippen molar-refractivity contribution in [3.8, 4) is 0 Å². The maximum atomic E-state index is 12.7. The molecule has 0 heterocycles. The summed E-state index contributed by atoms with van der Waals surface area (Å²) in [7, 11) is 0. The Morgan fingerprint density at radius 3 is 2.54 bits per heavy atom. The molecule has 1 aromatic carbocycles. The minimum absolute atomic E-state index is 0.148. The van der Waals surface area contributed by atoms with Crippen molar-refractivity contribution in [1.29, 1.82) is 0 Å². The molecule has 0 aliphatic carbocycles. The Labute approximate surface area is 78.8 Å². The second kappa shape index (κ2) is 5.70. The molecule has 0 bridgehead atoms. The van der Waals surface area contributed by atoms with E-state index < -0.39 is 6.17 Å². The summed E-state index contributed by atoms with van der Waals surface area (Å²) in [5, 5.41) is 0. The molecular weight excluding hydrogens is 165 g/mol. The highest BCUT2D eigenvalue weighted by atomic mass is 19.1. The van der Waals surface area contributed by atoms with E-state index in [2.05, 4.69) is 12.1 Å². The first-order valence-electron chi connectivity index (χ1n) is 4.71. The summed E-state index contributed by atoms with van der Waals surface area (Å²) in [6.07, 6.45) is 1.57. The minimum Gasteiger partial charge on any atom is -0.328 e. The van der Waals surface area contributed by atoms with E-state index in [1.54, 1.807) is 0 Å². The van der Waals surface area contributed by atoms with E-state index >= 15 is 0 Å². The van der Waals surface area contributed by atoms with Gasteiger partial charge in [-0.15, -0.1) is 0 Å². The van der Waals surface area contributed by atoms with Gasteiger partial charge in [0.1, 0.15) is 6.17 Å². The van der Waals surface area contributed by atoms with E-state index in [0.29, 0.717) is 6.42 Å². The van der Waals surface area contributed by atoms with Crippen molar-refractivity contribution >= 4 is 0 Å². The van der Waals surface area contributed by atoms with Gasteiger partial charge in [0.25, 0.3) is 0 Å². The predicted molar refractivity (Wildman–Crippen MR) is 53.3 cm³/mol. The van der Waals surface area contributed by atoms with Crippen LogP contribution in [-0.2, 0) is 6.42 Å². The third-order valence-electron chi connectivity index (χ3n) is 2.08. The van der Waals surface area contributed by atoms with E-state index in [1.807, 2.05) is 18.2 Å². The second-order valence-corrected chi connectivity index (χ2v) is 3.21. The number of rotatable bonds is 5. The van der Waals surface area contributed by atoms with Gasteiger partial charge in [0, 0.05) is 6.54 Å².